The van der Waals surface area contributed by atoms with Gasteiger partial charge in [-0.3, -0.25) is 14.6 Å². The van der Waals surface area contributed by atoms with E-state index in [0.717, 1.165) is 59.4 Å². The van der Waals surface area contributed by atoms with Crippen LogP contribution in [-0.4, -0.2) is 82.0 Å². The van der Waals surface area contributed by atoms with Crippen LogP contribution in [0, 0.1) is 6.92 Å². The Labute approximate surface area is 215 Å². The molecular weight excluding hydrogens is 508 g/mol. The normalized spacial score (nSPS) is 15.1. The standard InChI is InChI=1S/C24H29ClN4O4S2/c1-17-5-10-20(25)22-21(17)26-24(34-22)29(12-4-11-28-13-15-33-16-14-28)23(30)18-6-8-19(9-7-18)35(31,32)27(2)3/h5-10H,4,11-16H2,1-3H3. The van der Waals surface area contributed by atoms with Crippen LogP contribution in [0.15, 0.2) is 41.3 Å². The molecular formula is C24H29ClN4O4S2. The molecule has 3 aromatic rings. The first-order chi connectivity index (χ1) is 16.7. The number of ether oxygens (including phenoxy) is 1. The van der Waals surface area contributed by atoms with Crippen LogP contribution in [0.25, 0.3) is 10.2 Å². The number of thiazole rings is 1. The summed E-state index contributed by atoms with van der Waals surface area (Å²) in [5.41, 5.74) is 2.18. The number of rotatable bonds is 8. The molecule has 1 amide bonds. The molecule has 0 saturated carbocycles. The number of fused-ring (bicyclic) bond motifs is 1. The highest BCUT2D eigenvalue weighted by atomic mass is 35.5. The van der Waals surface area contributed by atoms with Crippen molar-refractivity contribution in [3.8, 4) is 0 Å². The van der Waals surface area contributed by atoms with Gasteiger partial charge in [-0.05, 0) is 49.2 Å². The van der Waals surface area contributed by atoms with Gasteiger partial charge >= 0.3 is 0 Å². The average molecular weight is 537 g/mol. The number of sulfonamides is 1. The van der Waals surface area contributed by atoms with Gasteiger partial charge in [0.25, 0.3) is 5.91 Å². The number of hydrogen-bond acceptors (Lipinski definition) is 7. The molecule has 35 heavy (non-hydrogen) atoms. The predicted molar refractivity (Wildman–Crippen MR) is 140 cm³/mol. The van der Waals surface area contributed by atoms with Gasteiger partial charge in [0, 0.05) is 45.8 Å². The molecule has 2 aromatic carbocycles. The molecule has 0 unspecified atom stereocenters. The maximum absolute atomic E-state index is 13.6. The van der Waals surface area contributed by atoms with E-state index in [4.69, 9.17) is 21.3 Å². The number of aryl methyl sites for hydroxylation is 1. The number of halogens is 1. The van der Waals surface area contributed by atoms with E-state index >= 15 is 0 Å². The topological polar surface area (TPSA) is 83.0 Å². The Morgan fingerprint density at radius 2 is 1.83 bits per heavy atom. The third kappa shape index (κ3) is 5.68. The summed E-state index contributed by atoms with van der Waals surface area (Å²) in [5.74, 6) is -0.228. The number of amides is 1. The molecule has 11 heteroatoms. The lowest BCUT2D eigenvalue weighted by Crippen LogP contribution is -2.39. The summed E-state index contributed by atoms with van der Waals surface area (Å²) in [7, 11) is -0.623. The molecule has 4 rings (SSSR count). The molecule has 8 nitrogen and oxygen atoms in total. The SMILES string of the molecule is Cc1ccc(Cl)c2sc(N(CCCN3CCOCC3)C(=O)c3ccc(S(=O)(=O)N(C)C)cc3)nc12. The molecule has 1 saturated heterocycles. The number of aromatic nitrogens is 1. The monoisotopic (exact) mass is 536 g/mol. The Morgan fingerprint density at radius 3 is 2.46 bits per heavy atom. The van der Waals surface area contributed by atoms with Gasteiger partial charge in [0.15, 0.2) is 5.13 Å². The summed E-state index contributed by atoms with van der Waals surface area (Å²) in [6.07, 6.45) is 0.765. The number of nitrogens with zero attached hydrogens (tertiary/aromatic N) is 4. The van der Waals surface area contributed by atoms with Crippen LogP contribution in [0.5, 0.6) is 0 Å². The first-order valence-electron chi connectivity index (χ1n) is 11.4. The minimum atomic E-state index is -3.58. The molecule has 188 valence electrons. The minimum absolute atomic E-state index is 0.139. The number of benzene rings is 2. The Hall–Kier alpha value is -2.08. The second-order valence-corrected chi connectivity index (χ2v) is 12.2. The van der Waals surface area contributed by atoms with Gasteiger partial charge in [0.1, 0.15) is 0 Å². The van der Waals surface area contributed by atoms with E-state index in [-0.39, 0.29) is 10.8 Å². The van der Waals surface area contributed by atoms with Crippen molar-refractivity contribution in [2.75, 3.05) is 58.4 Å². The van der Waals surface area contributed by atoms with E-state index in [0.29, 0.717) is 22.3 Å². The summed E-state index contributed by atoms with van der Waals surface area (Å²) in [5, 5.41) is 1.18. The largest absolute Gasteiger partial charge is 0.379 e. The van der Waals surface area contributed by atoms with Crippen molar-refractivity contribution in [1.82, 2.24) is 14.2 Å². The predicted octanol–water partition coefficient (Wildman–Crippen LogP) is 3.88. The van der Waals surface area contributed by atoms with Crippen LogP contribution in [0.2, 0.25) is 5.02 Å². The van der Waals surface area contributed by atoms with Crippen LogP contribution in [0.3, 0.4) is 0 Å². The fraction of sp³-hybridized carbons (Fsp3) is 0.417. The summed E-state index contributed by atoms with van der Waals surface area (Å²) >= 11 is 7.82. The van der Waals surface area contributed by atoms with Gasteiger partial charge in [0.2, 0.25) is 10.0 Å². The maximum atomic E-state index is 13.6. The zero-order valence-corrected chi connectivity index (χ0v) is 22.4. The van der Waals surface area contributed by atoms with Crippen molar-refractivity contribution < 1.29 is 17.9 Å². The highest BCUT2D eigenvalue weighted by Gasteiger charge is 2.24. The number of hydrogen-bond donors (Lipinski definition) is 0. The van der Waals surface area contributed by atoms with Crippen LogP contribution < -0.4 is 4.90 Å². The minimum Gasteiger partial charge on any atom is -0.379 e. The van der Waals surface area contributed by atoms with Gasteiger partial charge in [-0.2, -0.15) is 0 Å². The van der Waals surface area contributed by atoms with Crippen LogP contribution in [-0.2, 0) is 14.8 Å². The van der Waals surface area contributed by atoms with Crippen molar-refractivity contribution >= 4 is 54.2 Å². The average Bonchev–Trinajstić information content (AvgIpc) is 3.31. The second kappa shape index (κ2) is 10.9. The fourth-order valence-electron chi connectivity index (χ4n) is 3.90. The molecule has 1 aliphatic heterocycles. The van der Waals surface area contributed by atoms with Gasteiger partial charge in [-0.25, -0.2) is 17.7 Å². The quantitative estimate of drug-likeness (QED) is 0.434. The van der Waals surface area contributed by atoms with Crippen LogP contribution in [0.1, 0.15) is 22.3 Å². The molecule has 0 atom stereocenters. The Bertz CT molecular complexity index is 1260. The summed E-state index contributed by atoms with van der Waals surface area (Å²) in [4.78, 5) is 22.5. The molecule has 1 aromatic heterocycles. The van der Waals surface area contributed by atoms with Gasteiger partial charge in [-0.1, -0.05) is 29.0 Å². The molecule has 1 fully saturated rings. The molecule has 1 aliphatic rings. The van der Waals surface area contributed by atoms with Gasteiger partial charge in [-0.15, -0.1) is 0 Å². The lowest BCUT2D eigenvalue weighted by molar-refractivity contribution is 0.0376. The van der Waals surface area contributed by atoms with Crippen LogP contribution in [0.4, 0.5) is 5.13 Å². The van der Waals surface area contributed by atoms with Crippen molar-refractivity contribution in [2.45, 2.75) is 18.2 Å². The Kier molecular flexibility index (Phi) is 8.09. The van der Waals surface area contributed by atoms with E-state index in [1.165, 1.54) is 37.6 Å². The van der Waals surface area contributed by atoms with Crippen molar-refractivity contribution in [3.63, 3.8) is 0 Å². The molecule has 2 heterocycles. The van der Waals surface area contributed by atoms with E-state index in [1.807, 2.05) is 19.1 Å². The highest BCUT2D eigenvalue weighted by molar-refractivity contribution is 7.89. The molecule has 0 radical (unpaired) electrons. The Morgan fingerprint density at radius 1 is 1.14 bits per heavy atom. The first kappa shape index (κ1) is 26.0. The smallest absolute Gasteiger partial charge is 0.260 e. The number of carbonyl (C=O) groups excluding carboxylic acids is 1. The van der Waals surface area contributed by atoms with E-state index < -0.39 is 10.0 Å². The fourth-order valence-corrected chi connectivity index (χ4v) is 6.15. The third-order valence-electron chi connectivity index (χ3n) is 6.00. The van der Waals surface area contributed by atoms with Gasteiger partial charge < -0.3 is 4.74 Å². The van der Waals surface area contributed by atoms with Crippen molar-refractivity contribution in [2.24, 2.45) is 0 Å². The summed E-state index contributed by atoms with van der Waals surface area (Å²) in [6.45, 7) is 6.50. The second-order valence-electron chi connectivity index (χ2n) is 8.61. The first-order valence-corrected chi connectivity index (χ1v) is 14.0. The Balaban J connectivity index is 1.62. The molecule has 0 bridgehead atoms. The molecule has 0 spiro atoms. The summed E-state index contributed by atoms with van der Waals surface area (Å²) in [6, 6.07) is 9.80. The summed E-state index contributed by atoms with van der Waals surface area (Å²) < 4.78 is 32.3. The van der Waals surface area contributed by atoms with E-state index in [1.54, 1.807) is 17.0 Å². The van der Waals surface area contributed by atoms with Gasteiger partial charge in [0.05, 0.1) is 33.3 Å². The van der Waals surface area contributed by atoms with Crippen molar-refractivity contribution in [1.29, 1.82) is 0 Å². The number of anilines is 1. The highest BCUT2D eigenvalue weighted by Crippen LogP contribution is 2.36. The van der Waals surface area contributed by atoms with Crippen LogP contribution >= 0.6 is 22.9 Å². The lowest BCUT2D eigenvalue weighted by Gasteiger charge is -2.27. The number of morpholine rings is 1. The van der Waals surface area contributed by atoms with E-state index in [2.05, 4.69) is 4.90 Å². The van der Waals surface area contributed by atoms with E-state index in [9.17, 15) is 13.2 Å². The third-order valence-corrected chi connectivity index (χ3v) is 9.37. The molecule has 0 N–H and O–H groups in total. The zero-order chi connectivity index (χ0) is 25.2. The molecule has 0 aliphatic carbocycles. The van der Waals surface area contributed by atoms with Crippen molar-refractivity contribution in [3.05, 3.63) is 52.5 Å². The number of carbonyl (C=O) groups is 1. The zero-order valence-electron chi connectivity index (χ0n) is 20.0. The lowest BCUT2D eigenvalue weighted by atomic mass is 10.2. The maximum Gasteiger partial charge on any atom is 0.260 e.